The van der Waals surface area contributed by atoms with Crippen molar-refractivity contribution in [2.24, 2.45) is 5.92 Å². The molecule has 20 heavy (non-hydrogen) atoms. The fraction of sp³-hybridized carbons (Fsp3) is 0.538. The Morgan fingerprint density at radius 2 is 1.85 bits per heavy atom. The van der Waals surface area contributed by atoms with Gasteiger partial charge in [-0.1, -0.05) is 20.3 Å². The van der Waals surface area contributed by atoms with Crippen LogP contribution in [0.15, 0.2) is 29.2 Å². The zero-order valence-electron chi connectivity index (χ0n) is 11.9. The van der Waals surface area contributed by atoms with Crippen molar-refractivity contribution in [2.75, 3.05) is 12.8 Å². The maximum absolute atomic E-state index is 12.3. The first-order valence-corrected chi connectivity index (χ1v) is 8.11. The fourth-order valence-corrected chi connectivity index (χ4v) is 3.64. The quantitative estimate of drug-likeness (QED) is 0.614. The zero-order valence-corrected chi connectivity index (χ0v) is 12.7. The summed E-state index contributed by atoms with van der Waals surface area (Å²) in [6, 6.07) is 4.86. The molecular formula is C13H20N2O4S. The number of non-ortho nitro benzene ring substituents is 1. The number of nitrogens with one attached hydrogen (secondary N) is 1. The van der Waals surface area contributed by atoms with E-state index in [1.165, 1.54) is 24.3 Å². The lowest BCUT2D eigenvalue weighted by Gasteiger charge is -2.22. The molecular weight excluding hydrogens is 280 g/mol. The third-order valence-electron chi connectivity index (χ3n) is 3.51. The van der Waals surface area contributed by atoms with E-state index in [1.807, 2.05) is 13.8 Å². The summed E-state index contributed by atoms with van der Waals surface area (Å²) >= 11 is 0. The topological polar surface area (TPSA) is 89.3 Å². The monoisotopic (exact) mass is 300 g/mol. The Bertz CT molecular complexity index is 554. The number of sulfone groups is 1. The van der Waals surface area contributed by atoms with Crippen LogP contribution in [-0.2, 0) is 9.84 Å². The van der Waals surface area contributed by atoms with Crippen LogP contribution in [0.3, 0.4) is 0 Å². The van der Waals surface area contributed by atoms with Crippen molar-refractivity contribution in [1.29, 1.82) is 0 Å². The molecule has 6 nitrogen and oxygen atoms in total. The van der Waals surface area contributed by atoms with Gasteiger partial charge in [-0.05, 0) is 25.1 Å². The lowest BCUT2D eigenvalue weighted by atomic mass is 10.0. The van der Waals surface area contributed by atoms with Gasteiger partial charge in [-0.2, -0.15) is 0 Å². The summed E-state index contributed by atoms with van der Waals surface area (Å²) in [6.45, 7) is 4.00. The minimum absolute atomic E-state index is 0.0175. The van der Waals surface area contributed by atoms with Crippen LogP contribution in [-0.4, -0.2) is 32.2 Å². The van der Waals surface area contributed by atoms with Crippen LogP contribution in [0.4, 0.5) is 5.69 Å². The van der Waals surface area contributed by atoms with Gasteiger partial charge in [0.25, 0.3) is 5.69 Å². The number of nitro groups is 1. The van der Waals surface area contributed by atoms with Gasteiger partial charge in [0.2, 0.25) is 0 Å². The van der Waals surface area contributed by atoms with Crippen molar-refractivity contribution in [3.63, 3.8) is 0 Å². The Kier molecular flexibility index (Phi) is 5.64. The molecule has 1 N–H and O–H groups in total. The Morgan fingerprint density at radius 3 is 2.25 bits per heavy atom. The normalized spacial score (nSPS) is 14.8. The molecule has 7 heteroatoms. The SMILES string of the molecule is CCC(C)C(CS(=O)(=O)c1ccc([N+](=O)[O-])cc1)NC. The number of nitro benzene ring substituents is 1. The molecule has 112 valence electrons. The maximum Gasteiger partial charge on any atom is 0.269 e. The molecule has 0 fully saturated rings. The molecule has 0 aromatic heterocycles. The van der Waals surface area contributed by atoms with Crippen molar-refractivity contribution in [3.8, 4) is 0 Å². The van der Waals surface area contributed by atoms with Crippen LogP contribution in [0.5, 0.6) is 0 Å². The third kappa shape index (κ3) is 4.01. The summed E-state index contributed by atoms with van der Waals surface area (Å²) in [7, 11) is -1.72. The second-order valence-electron chi connectivity index (χ2n) is 4.81. The van der Waals surface area contributed by atoms with Gasteiger partial charge in [-0.15, -0.1) is 0 Å². The minimum atomic E-state index is -3.45. The molecule has 0 saturated heterocycles. The summed E-state index contributed by atoms with van der Waals surface area (Å²) in [6.07, 6.45) is 0.876. The van der Waals surface area contributed by atoms with Crippen LogP contribution in [0.25, 0.3) is 0 Å². The summed E-state index contributed by atoms with van der Waals surface area (Å²) in [5.74, 6) is 0.212. The number of hydrogen-bond acceptors (Lipinski definition) is 5. The Morgan fingerprint density at radius 1 is 1.30 bits per heavy atom. The molecule has 2 atom stereocenters. The summed E-state index contributed by atoms with van der Waals surface area (Å²) < 4.78 is 24.6. The summed E-state index contributed by atoms with van der Waals surface area (Å²) in [4.78, 5) is 10.1. The minimum Gasteiger partial charge on any atom is -0.316 e. The van der Waals surface area contributed by atoms with Crippen LogP contribution in [0.1, 0.15) is 20.3 Å². The average molecular weight is 300 g/mol. The van der Waals surface area contributed by atoms with Gasteiger partial charge in [0.05, 0.1) is 15.6 Å². The summed E-state index contributed by atoms with van der Waals surface area (Å²) in [5, 5.41) is 13.6. The van der Waals surface area contributed by atoms with E-state index in [0.29, 0.717) is 0 Å². The standard InChI is InChI=1S/C13H20N2O4S/c1-4-10(2)13(14-3)9-20(18,19)12-7-5-11(6-8-12)15(16)17/h5-8,10,13-14H,4,9H2,1-3H3. The molecule has 0 spiro atoms. The van der Waals surface area contributed by atoms with Gasteiger partial charge in [0.1, 0.15) is 0 Å². The molecule has 2 unspecified atom stereocenters. The zero-order chi connectivity index (χ0) is 15.3. The smallest absolute Gasteiger partial charge is 0.269 e. The van der Waals surface area contributed by atoms with Crippen LogP contribution >= 0.6 is 0 Å². The molecule has 0 aliphatic rings. The Labute approximate surface area is 119 Å². The molecule has 1 aromatic rings. The highest BCUT2D eigenvalue weighted by Crippen LogP contribution is 2.19. The highest BCUT2D eigenvalue weighted by Gasteiger charge is 2.24. The highest BCUT2D eigenvalue weighted by molar-refractivity contribution is 7.91. The first-order valence-electron chi connectivity index (χ1n) is 6.46. The Hall–Kier alpha value is -1.47. The van der Waals surface area contributed by atoms with Crippen molar-refractivity contribution in [3.05, 3.63) is 34.4 Å². The highest BCUT2D eigenvalue weighted by atomic mass is 32.2. The number of hydrogen-bond donors (Lipinski definition) is 1. The van der Waals surface area contributed by atoms with E-state index < -0.39 is 14.8 Å². The third-order valence-corrected chi connectivity index (χ3v) is 5.30. The van der Waals surface area contributed by atoms with Gasteiger partial charge in [-0.3, -0.25) is 10.1 Å². The molecule has 1 rings (SSSR count). The van der Waals surface area contributed by atoms with Gasteiger partial charge in [0.15, 0.2) is 9.84 Å². The van der Waals surface area contributed by atoms with Crippen molar-refractivity contribution < 1.29 is 13.3 Å². The maximum atomic E-state index is 12.3. The fourth-order valence-electron chi connectivity index (χ4n) is 1.92. The van der Waals surface area contributed by atoms with Gasteiger partial charge < -0.3 is 5.32 Å². The van der Waals surface area contributed by atoms with Gasteiger partial charge >= 0.3 is 0 Å². The van der Waals surface area contributed by atoms with Gasteiger partial charge in [-0.25, -0.2) is 8.42 Å². The first-order chi connectivity index (χ1) is 9.31. The largest absolute Gasteiger partial charge is 0.316 e. The summed E-state index contributed by atoms with van der Waals surface area (Å²) in [5.41, 5.74) is -0.115. The van der Waals surface area contributed by atoms with E-state index in [-0.39, 0.29) is 28.3 Å². The van der Waals surface area contributed by atoms with Crippen LogP contribution < -0.4 is 5.32 Å². The van der Waals surface area contributed by atoms with E-state index in [1.54, 1.807) is 7.05 Å². The lowest BCUT2D eigenvalue weighted by molar-refractivity contribution is -0.384. The van der Waals surface area contributed by atoms with Gasteiger partial charge in [0, 0.05) is 18.2 Å². The van der Waals surface area contributed by atoms with Crippen LogP contribution in [0.2, 0.25) is 0 Å². The second kappa shape index (κ2) is 6.81. The molecule has 0 heterocycles. The predicted octanol–water partition coefficient (Wildman–Crippen LogP) is 2.00. The molecule has 0 saturated carbocycles. The molecule has 1 aromatic carbocycles. The predicted molar refractivity (Wildman–Crippen MR) is 77.5 cm³/mol. The Balaban J connectivity index is 2.95. The molecule has 0 amide bonds. The second-order valence-corrected chi connectivity index (χ2v) is 6.85. The van der Waals surface area contributed by atoms with E-state index >= 15 is 0 Å². The molecule has 0 radical (unpaired) electrons. The van der Waals surface area contributed by atoms with E-state index in [0.717, 1.165) is 6.42 Å². The molecule has 0 aliphatic heterocycles. The average Bonchev–Trinajstić information content (AvgIpc) is 2.44. The van der Waals surface area contributed by atoms with Crippen molar-refractivity contribution in [1.82, 2.24) is 5.32 Å². The number of rotatable bonds is 7. The van der Waals surface area contributed by atoms with E-state index in [2.05, 4.69) is 5.32 Å². The number of benzene rings is 1. The first kappa shape index (κ1) is 16.6. The van der Waals surface area contributed by atoms with E-state index in [9.17, 15) is 18.5 Å². The van der Waals surface area contributed by atoms with Crippen molar-refractivity contribution in [2.45, 2.75) is 31.2 Å². The van der Waals surface area contributed by atoms with Crippen LogP contribution in [0, 0.1) is 16.0 Å². The molecule has 0 aliphatic carbocycles. The lowest BCUT2D eigenvalue weighted by Crippen LogP contribution is -2.38. The number of nitrogens with zero attached hydrogens (tertiary/aromatic N) is 1. The molecule has 0 bridgehead atoms. The van der Waals surface area contributed by atoms with Crippen molar-refractivity contribution >= 4 is 15.5 Å². The van der Waals surface area contributed by atoms with E-state index in [4.69, 9.17) is 0 Å².